The lowest BCUT2D eigenvalue weighted by molar-refractivity contribution is 0.783. The van der Waals surface area contributed by atoms with Gasteiger partial charge in [-0.05, 0) is 85.3 Å². The molecule has 0 aliphatic heterocycles. The second-order valence-corrected chi connectivity index (χ2v) is 16.7. The van der Waals surface area contributed by atoms with Crippen LogP contribution in [-0.2, 0) is 5.41 Å². The highest BCUT2D eigenvalue weighted by atomic mass is 32.1. The smallest absolute Gasteiger partial charge is 0.235 e. The SMILES string of the molecule is c1ccc2c(c1)-c1ccccc1C21c2cccc3ccc4c(c23)c2c1cccc2n4-c1nc(-c2cc3sc4ccccc4c3c3ccccc23)c2ccccc2n1. The third-order valence-corrected chi connectivity index (χ3v) is 14.1. The Kier molecular flexibility index (Phi) is 5.59. The lowest BCUT2D eigenvalue weighted by Gasteiger charge is -2.37. The van der Waals surface area contributed by atoms with Crippen molar-refractivity contribution in [2.24, 2.45) is 0 Å². The van der Waals surface area contributed by atoms with Gasteiger partial charge in [-0.3, -0.25) is 4.57 Å². The number of benzene rings is 9. The maximum Gasteiger partial charge on any atom is 0.235 e. The summed E-state index contributed by atoms with van der Waals surface area (Å²) in [6, 6.07) is 64.9. The molecule has 12 aromatic rings. The monoisotopic (exact) mass is 739 g/mol. The molecule has 0 saturated heterocycles. The summed E-state index contributed by atoms with van der Waals surface area (Å²) in [5.41, 5.74) is 12.7. The van der Waals surface area contributed by atoms with Crippen LogP contribution in [0.25, 0.3) is 103 Å². The van der Waals surface area contributed by atoms with Crippen molar-refractivity contribution in [3.8, 4) is 28.3 Å². The number of hydrogen-bond acceptors (Lipinski definition) is 3. The zero-order valence-corrected chi connectivity index (χ0v) is 31.3. The molecule has 3 heterocycles. The molecule has 2 aliphatic rings. The van der Waals surface area contributed by atoms with Gasteiger partial charge in [0.15, 0.2) is 0 Å². The first kappa shape index (κ1) is 30.1. The van der Waals surface area contributed by atoms with Crippen LogP contribution in [0.2, 0.25) is 0 Å². The molecule has 9 aromatic carbocycles. The van der Waals surface area contributed by atoms with E-state index < -0.39 is 5.41 Å². The first-order chi connectivity index (χ1) is 28.3. The minimum absolute atomic E-state index is 0.465. The van der Waals surface area contributed by atoms with Crippen molar-refractivity contribution in [3.05, 3.63) is 198 Å². The number of para-hydroxylation sites is 1. The van der Waals surface area contributed by atoms with Crippen molar-refractivity contribution in [2.75, 3.05) is 0 Å². The van der Waals surface area contributed by atoms with E-state index in [1.54, 1.807) is 0 Å². The lowest BCUT2D eigenvalue weighted by atomic mass is 9.63. The van der Waals surface area contributed by atoms with Gasteiger partial charge in [0.2, 0.25) is 5.95 Å². The Morgan fingerprint density at radius 3 is 1.86 bits per heavy atom. The number of hydrogen-bond donors (Lipinski definition) is 0. The van der Waals surface area contributed by atoms with Gasteiger partial charge in [0.25, 0.3) is 0 Å². The van der Waals surface area contributed by atoms with E-state index in [-0.39, 0.29) is 0 Å². The molecule has 262 valence electrons. The summed E-state index contributed by atoms with van der Waals surface area (Å²) in [7, 11) is 0. The summed E-state index contributed by atoms with van der Waals surface area (Å²) in [5.74, 6) is 0.682. The Balaban J connectivity index is 1.13. The Bertz CT molecular complexity index is 3730. The first-order valence-electron chi connectivity index (χ1n) is 19.6. The van der Waals surface area contributed by atoms with Gasteiger partial charge in [-0.1, -0.05) is 146 Å². The molecule has 0 bridgehead atoms. The van der Waals surface area contributed by atoms with E-state index in [0.717, 1.165) is 33.2 Å². The fourth-order valence-corrected chi connectivity index (χ4v) is 12.0. The molecule has 4 heteroatoms. The molecule has 3 nitrogen and oxygen atoms in total. The maximum absolute atomic E-state index is 5.67. The lowest BCUT2D eigenvalue weighted by Crippen LogP contribution is -2.30. The van der Waals surface area contributed by atoms with Crippen LogP contribution < -0.4 is 0 Å². The van der Waals surface area contributed by atoms with Gasteiger partial charge < -0.3 is 0 Å². The van der Waals surface area contributed by atoms with Gasteiger partial charge >= 0.3 is 0 Å². The van der Waals surface area contributed by atoms with E-state index in [9.17, 15) is 0 Å². The normalized spacial score (nSPS) is 13.8. The van der Waals surface area contributed by atoms with Crippen molar-refractivity contribution >= 4 is 85.8 Å². The molecular weight excluding hydrogens is 711 g/mol. The fourth-order valence-electron chi connectivity index (χ4n) is 10.9. The summed E-state index contributed by atoms with van der Waals surface area (Å²) in [6.07, 6.45) is 0. The molecule has 0 atom stereocenters. The van der Waals surface area contributed by atoms with Crippen LogP contribution in [0.1, 0.15) is 22.3 Å². The highest BCUT2D eigenvalue weighted by Crippen LogP contribution is 2.62. The third-order valence-electron chi connectivity index (χ3n) is 13.0. The molecular formula is C53H29N3S. The molecule has 3 aromatic heterocycles. The summed E-state index contributed by atoms with van der Waals surface area (Å²) in [5, 5.41) is 11.2. The zero-order valence-electron chi connectivity index (χ0n) is 30.5. The van der Waals surface area contributed by atoms with Crippen LogP contribution >= 0.6 is 11.3 Å². The summed E-state index contributed by atoms with van der Waals surface area (Å²) in [4.78, 5) is 11.1. The van der Waals surface area contributed by atoms with Crippen LogP contribution in [0.15, 0.2) is 176 Å². The van der Waals surface area contributed by atoms with E-state index in [0.29, 0.717) is 5.95 Å². The fraction of sp³-hybridized carbons (Fsp3) is 0.0189. The molecule has 0 saturated carbocycles. The second kappa shape index (κ2) is 10.6. The molecule has 0 fully saturated rings. The summed E-state index contributed by atoms with van der Waals surface area (Å²) < 4.78 is 4.90. The minimum atomic E-state index is -0.465. The van der Waals surface area contributed by atoms with Gasteiger partial charge in [0.1, 0.15) is 0 Å². The van der Waals surface area contributed by atoms with Crippen molar-refractivity contribution < 1.29 is 0 Å². The molecule has 0 radical (unpaired) electrons. The van der Waals surface area contributed by atoms with Crippen molar-refractivity contribution in [1.82, 2.24) is 14.5 Å². The van der Waals surface area contributed by atoms with Crippen LogP contribution in [0.5, 0.6) is 0 Å². The largest absolute Gasteiger partial charge is 0.278 e. The van der Waals surface area contributed by atoms with Crippen LogP contribution in [-0.4, -0.2) is 14.5 Å². The molecule has 0 amide bonds. The molecule has 1 spiro atoms. The third kappa shape index (κ3) is 3.59. The maximum atomic E-state index is 5.67. The molecule has 57 heavy (non-hydrogen) atoms. The number of fused-ring (bicyclic) bond motifs is 13. The predicted molar refractivity (Wildman–Crippen MR) is 238 cm³/mol. The van der Waals surface area contributed by atoms with Gasteiger partial charge in [-0.2, -0.15) is 0 Å². The first-order valence-corrected chi connectivity index (χ1v) is 20.4. The Morgan fingerprint density at radius 1 is 0.404 bits per heavy atom. The van der Waals surface area contributed by atoms with Crippen molar-refractivity contribution in [2.45, 2.75) is 5.41 Å². The van der Waals surface area contributed by atoms with E-state index >= 15 is 0 Å². The average molecular weight is 740 g/mol. The van der Waals surface area contributed by atoms with E-state index in [2.05, 4.69) is 180 Å². The molecule has 14 rings (SSSR count). The molecule has 0 unspecified atom stereocenters. The highest BCUT2D eigenvalue weighted by molar-refractivity contribution is 7.26. The highest BCUT2D eigenvalue weighted by Gasteiger charge is 2.50. The van der Waals surface area contributed by atoms with Gasteiger partial charge in [-0.15, -0.1) is 11.3 Å². The number of thiophene rings is 1. The predicted octanol–water partition coefficient (Wildman–Crippen LogP) is 13.7. The summed E-state index contributed by atoms with van der Waals surface area (Å²) >= 11 is 1.86. The van der Waals surface area contributed by atoms with Gasteiger partial charge in [-0.25, -0.2) is 9.97 Å². The number of aromatic nitrogens is 3. The van der Waals surface area contributed by atoms with Crippen molar-refractivity contribution in [3.63, 3.8) is 0 Å². The second-order valence-electron chi connectivity index (χ2n) is 15.6. The average Bonchev–Trinajstić information content (AvgIpc) is 3.92. The van der Waals surface area contributed by atoms with E-state index in [1.165, 1.54) is 85.9 Å². The Hall–Kier alpha value is -7.14. The van der Waals surface area contributed by atoms with Crippen LogP contribution in [0.3, 0.4) is 0 Å². The quantitative estimate of drug-likeness (QED) is 0.177. The summed E-state index contributed by atoms with van der Waals surface area (Å²) in [6.45, 7) is 0. The van der Waals surface area contributed by atoms with Crippen LogP contribution in [0, 0.1) is 0 Å². The number of nitrogens with zero attached hydrogens (tertiary/aromatic N) is 3. The van der Waals surface area contributed by atoms with E-state index in [1.807, 2.05) is 11.3 Å². The van der Waals surface area contributed by atoms with Crippen LogP contribution in [0.4, 0.5) is 0 Å². The van der Waals surface area contributed by atoms with Crippen molar-refractivity contribution in [1.29, 1.82) is 0 Å². The molecule has 2 aliphatic carbocycles. The van der Waals surface area contributed by atoms with Gasteiger partial charge in [0, 0.05) is 41.9 Å². The number of rotatable bonds is 2. The topological polar surface area (TPSA) is 30.7 Å². The Labute approximate surface area is 330 Å². The Morgan fingerprint density at radius 2 is 1.04 bits per heavy atom. The standard InChI is InChI=1S/C53H29N3S/c1-2-17-34-31(14-1)37(29-46-48(34)36-19-6-10-26-45(36)57-46)51-35-18-5-9-24-42(35)54-52(55-51)56-43-25-12-23-41-49(43)50-44(56)28-27-30-13-11-22-40(47(30)50)53(41)38-20-7-3-15-32(38)33-16-4-8-21-39(33)53/h1-29H. The van der Waals surface area contributed by atoms with Gasteiger partial charge in [0.05, 0.1) is 27.7 Å². The van der Waals surface area contributed by atoms with E-state index in [4.69, 9.17) is 9.97 Å². The minimum Gasteiger partial charge on any atom is -0.278 e. The molecule has 0 N–H and O–H groups in total. The zero-order chi connectivity index (χ0) is 37.0.